The molecule has 2 aliphatic rings. The highest BCUT2D eigenvalue weighted by molar-refractivity contribution is 5.53. The molecule has 0 amide bonds. The van der Waals surface area contributed by atoms with Gasteiger partial charge in [-0.05, 0) is 104 Å². The molecule has 1 aliphatic carbocycles. The second kappa shape index (κ2) is 16.7. The Bertz CT molecular complexity index is 1110. The van der Waals surface area contributed by atoms with E-state index in [1.807, 2.05) is 0 Å². The quantitative estimate of drug-likeness (QED) is 0.182. The number of phenols is 2. The fraction of sp³-hybridized carbons (Fsp3) is 0.700. The van der Waals surface area contributed by atoms with Gasteiger partial charge in [0, 0.05) is 30.8 Å². The first kappa shape index (κ1) is 35.8. The van der Waals surface area contributed by atoms with Crippen LogP contribution >= 0.6 is 0 Å². The van der Waals surface area contributed by atoms with E-state index >= 15 is 0 Å². The Labute approximate surface area is 274 Å². The third kappa shape index (κ3) is 9.95. The van der Waals surface area contributed by atoms with E-state index in [1.165, 1.54) is 49.7 Å². The molecule has 2 aromatic rings. The van der Waals surface area contributed by atoms with E-state index in [0.717, 1.165) is 86.8 Å². The number of aryl methyl sites for hydroxylation is 2. The lowest BCUT2D eigenvalue weighted by atomic mass is 9.78. The average Bonchev–Trinajstić information content (AvgIpc) is 3.04. The molecule has 0 spiro atoms. The van der Waals surface area contributed by atoms with Crippen molar-refractivity contribution in [2.45, 2.75) is 161 Å². The monoisotopic (exact) mass is 622 g/mol. The predicted molar refractivity (Wildman–Crippen MR) is 185 cm³/mol. The van der Waals surface area contributed by atoms with Crippen LogP contribution in [0, 0.1) is 0 Å². The Kier molecular flexibility index (Phi) is 13.2. The SMILES string of the molecule is CCC(C)(C)c1cc(CCCOC2CCCCC2)cc(Cc2cc(CCCOC3CCCCO3)cc(C(C)(C)CC)c2O)c1O. The minimum Gasteiger partial charge on any atom is -0.507 e. The van der Waals surface area contributed by atoms with Crippen molar-refractivity contribution in [1.82, 2.24) is 0 Å². The third-order valence-electron chi connectivity index (χ3n) is 10.7. The fourth-order valence-electron chi connectivity index (χ4n) is 6.79. The van der Waals surface area contributed by atoms with Gasteiger partial charge in [0.1, 0.15) is 11.5 Å². The van der Waals surface area contributed by atoms with E-state index < -0.39 is 0 Å². The Hall–Kier alpha value is -2.08. The summed E-state index contributed by atoms with van der Waals surface area (Å²) < 4.78 is 18.0. The number of hydrogen-bond acceptors (Lipinski definition) is 5. The molecule has 2 N–H and O–H groups in total. The van der Waals surface area contributed by atoms with E-state index in [4.69, 9.17) is 14.2 Å². The van der Waals surface area contributed by atoms with Crippen molar-refractivity contribution in [1.29, 1.82) is 0 Å². The van der Waals surface area contributed by atoms with Gasteiger partial charge in [0.25, 0.3) is 0 Å². The molecule has 1 heterocycles. The van der Waals surface area contributed by atoms with Gasteiger partial charge in [-0.15, -0.1) is 0 Å². The second-order valence-electron chi connectivity index (χ2n) is 15.0. The molecule has 5 heteroatoms. The van der Waals surface area contributed by atoms with Crippen molar-refractivity contribution in [3.05, 3.63) is 57.6 Å². The molecule has 2 aromatic carbocycles. The van der Waals surface area contributed by atoms with Crippen molar-refractivity contribution in [3.63, 3.8) is 0 Å². The predicted octanol–water partition coefficient (Wildman–Crippen LogP) is 9.82. The zero-order valence-corrected chi connectivity index (χ0v) is 29.3. The molecule has 1 unspecified atom stereocenters. The molecular formula is C40H62O5. The molecule has 45 heavy (non-hydrogen) atoms. The molecule has 1 saturated carbocycles. The summed E-state index contributed by atoms with van der Waals surface area (Å²) in [4.78, 5) is 0. The van der Waals surface area contributed by atoms with Crippen molar-refractivity contribution in [3.8, 4) is 11.5 Å². The summed E-state index contributed by atoms with van der Waals surface area (Å²) in [5.74, 6) is 0.727. The first-order chi connectivity index (χ1) is 21.5. The molecule has 0 radical (unpaired) electrons. The lowest BCUT2D eigenvalue weighted by Crippen LogP contribution is -2.22. The highest BCUT2D eigenvalue weighted by Crippen LogP contribution is 2.41. The lowest BCUT2D eigenvalue weighted by Gasteiger charge is -2.28. The molecule has 1 atom stereocenters. The van der Waals surface area contributed by atoms with Crippen LogP contribution in [0.25, 0.3) is 0 Å². The standard InChI is InChI=1S/C40H62O5/c1-7-39(3,4)34-26-29(16-14-22-43-33-18-10-9-11-19-33)24-31(37(34)41)28-32-25-30(27-35(38(32)42)40(5,6)8-2)17-15-23-45-36-20-12-13-21-44-36/h24-27,33,36,41-42H,7-23,28H2,1-6H3. The van der Waals surface area contributed by atoms with Crippen molar-refractivity contribution in [2.24, 2.45) is 0 Å². The van der Waals surface area contributed by atoms with Crippen LogP contribution in [0.2, 0.25) is 0 Å². The summed E-state index contributed by atoms with van der Waals surface area (Å²) in [7, 11) is 0. The first-order valence-electron chi connectivity index (χ1n) is 18.1. The van der Waals surface area contributed by atoms with Crippen molar-refractivity contribution in [2.75, 3.05) is 19.8 Å². The van der Waals surface area contributed by atoms with Crippen LogP contribution in [0.4, 0.5) is 0 Å². The largest absolute Gasteiger partial charge is 0.507 e. The van der Waals surface area contributed by atoms with Crippen LogP contribution < -0.4 is 0 Å². The maximum Gasteiger partial charge on any atom is 0.157 e. The average molecular weight is 623 g/mol. The summed E-state index contributed by atoms with van der Waals surface area (Å²) >= 11 is 0. The topological polar surface area (TPSA) is 68.2 Å². The van der Waals surface area contributed by atoms with Gasteiger partial charge in [0.15, 0.2) is 6.29 Å². The highest BCUT2D eigenvalue weighted by atomic mass is 16.7. The number of rotatable bonds is 16. The third-order valence-corrected chi connectivity index (χ3v) is 10.7. The van der Waals surface area contributed by atoms with Crippen LogP contribution in [-0.2, 0) is 44.3 Å². The summed E-state index contributed by atoms with van der Waals surface area (Å²) in [5, 5.41) is 23.4. The van der Waals surface area contributed by atoms with Crippen molar-refractivity contribution >= 4 is 0 Å². The summed E-state index contributed by atoms with van der Waals surface area (Å²) in [6, 6.07) is 8.71. The maximum absolute atomic E-state index is 11.7. The molecule has 0 bridgehead atoms. The number of aromatic hydroxyl groups is 2. The van der Waals surface area contributed by atoms with Gasteiger partial charge in [0.2, 0.25) is 0 Å². The van der Waals surface area contributed by atoms with E-state index in [9.17, 15) is 10.2 Å². The number of hydrogen-bond donors (Lipinski definition) is 2. The Morgan fingerprint density at radius 2 is 1.20 bits per heavy atom. The molecule has 1 aliphatic heterocycles. The van der Waals surface area contributed by atoms with E-state index in [1.54, 1.807) is 0 Å². The molecule has 5 nitrogen and oxygen atoms in total. The van der Waals surface area contributed by atoms with Crippen LogP contribution in [0.3, 0.4) is 0 Å². The number of benzene rings is 2. The van der Waals surface area contributed by atoms with Gasteiger partial charge in [-0.1, -0.05) is 85.1 Å². The van der Waals surface area contributed by atoms with Gasteiger partial charge in [-0.3, -0.25) is 0 Å². The smallest absolute Gasteiger partial charge is 0.157 e. The minimum atomic E-state index is -0.168. The van der Waals surface area contributed by atoms with Crippen LogP contribution in [-0.4, -0.2) is 42.4 Å². The van der Waals surface area contributed by atoms with Crippen LogP contribution in [0.1, 0.15) is 152 Å². The normalized spacial score (nSPS) is 18.4. The zero-order chi connectivity index (χ0) is 32.5. The second-order valence-corrected chi connectivity index (χ2v) is 15.0. The minimum absolute atomic E-state index is 0.0700. The molecule has 4 rings (SSSR count). The highest BCUT2D eigenvalue weighted by Gasteiger charge is 2.27. The van der Waals surface area contributed by atoms with Gasteiger partial charge in [0.05, 0.1) is 12.7 Å². The lowest BCUT2D eigenvalue weighted by molar-refractivity contribution is -0.162. The molecule has 0 aromatic heterocycles. The van der Waals surface area contributed by atoms with Crippen LogP contribution in [0.15, 0.2) is 24.3 Å². The van der Waals surface area contributed by atoms with Crippen molar-refractivity contribution < 1.29 is 24.4 Å². The Morgan fingerprint density at radius 1 is 0.689 bits per heavy atom. The zero-order valence-electron chi connectivity index (χ0n) is 29.3. The molecule has 252 valence electrons. The Balaban J connectivity index is 1.56. The van der Waals surface area contributed by atoms with Crippen LogP contribution in [0.5, 0.6) is 11.5 Å². The first-order valence-corrected chi connectivity index (χ1v) is 18.1. The van der Waals surface area contributed by atoms with Gasteiger partial charge in [-0.2, -0.15) is 0 Å². The van der Waals surface area contributed by atoms with E-state index in [0.29, 0.717) is 30.6 Å². The molecular weight excluding hydrogens is 560 g/mol. The van der Waals surface area contributed by atoms with Gasteiger partial charge in [-0.25, -0.2) is 0 Å². The number of ether oxygens (including phenoxy) is 3. The summed E-state index contributed by atoms with van der Waals surface area (Å²) in [5.41, 5.74) is 5.87. The van der Waals surface area contributed by atoms with Gasteiger partial charge < -0.3 is 24.4 Å². The van der Waals surface area contributed by atoms with E-state index in [2.05, 4.69) is 65.8 Å². The Morgan fingerprint density at radius 3 is 1.69 bits per heavy atom. The molecule has 2 fully saturated rings. The maximum atomic E-state index is 11.7. The summed E-state index contributed by atoms with van der Waals surface area (Å²) in [6.45, 7) is 15.4. The van der Waals surface area contributed by atoms with E-state index in [-0.39, 0.29) is 17.1 Å². The fourth-order valence-corrected chi connectivity index (χ4v) is 6.79. The summed E-state index contributed by atoms with van der Waals surface area (Å²) in [6.07, 6.45) is 15.9. The van der Waals surface area contributed by atoms with Gasteiger partial charge >= 0.3 is 0 Å². The molecule has 1 saturated heterocycles. The number of phenolic OH excluding ortho intramolecular Hbond substituents is 2.